The van der Waals surface area contributed by atoms with Crippen molar-refractivity contribution in [2.24, 2.45) is 5.41 Å². The zero-order valence-electron chi connectivity index (χ0n) is 26.1. The molecule has 0 aliphatic rings. The van der Waals surface area contributed by atoms with Gasteiger partial charge in [0.15, 0.2) is 0 Å². The molecule has 0 spiro atoms. The SMILES string of the molecule is CN(C)C(=O)N(CC(=O)NCCOCCNC(=O)C(C)(C)S)CC(=O)NCCOCCNC(=O)C(C)(C)C(C)(S)C(=O)S. The van der Waals surface area contributed by atoms with Crippen molar-refractivity contribution >= 4 is 72.7 Å². The van der Waals surface area contributed by atoms with Crippen molar-refractivity contribution in [1.29, 1.82) is 0 Å². The van der Waals surface area contributed by atoms with Crippen LogP contribution in [-0.4, -0.2) is 134 Å². The lowest BCUT2D eigenvalue weighted by atomic mass is 9.79. The molecule has 14 nitrogen and oxygen atoms in total. The molecule has 0 saturated carbocycles. The van der Waals surface area contributed by atoms with Crippen molar-refractivity contribution < 1.29 is 38.2 Å². The minimum absolute atomic E-state index is 0.139. The third kappa shape index (κ3) is 15.4. The molecule has 1 unspecified atom stereocenters. The van der Waals surface area contributed by atoms with Gasteiger partial charge in [0.05, 0.1) is 41.3 Å². The molecule has 0 aromatic carbocycles. The Hall–Kier alpha value is -2.21. The number of hydrogen-bond acceptors (Lipinski definition) is 10. The van der Waals surface area contributed by atoms with Crippen LogP contribution in [-0.2, 0) is 33.4 Å². The van der Waals surface area contributed by atoms with Crippen molar-refractivity contribution in [3.63, 3.8) is 0 Å². The number of ether oxygens (including phenoxy) is 2. The highest BCUT2D eigenvalue weighted by Crippen LogP contribution is 2.38. The highest BCUT2D eigenvalue weighted by Gasteiger charge is 2.48. The molecule has 1 atom stereocenters. The Bertz CT molecular complexity index is 973. The second kappa shape index (κ2) is 19.2. The van der Waals surface area contributed by atoms with Crippen LogP contribution in [0.15, 0.2) is 0 Å². The summed E-state index contributed by atoms with van der Waals surface area (Å²) in [6.45, 7) is 8.93. The van der Waals surface area contributed by atoms with E-state index in [1.165, 1.54) is 25.9 Å². The van der Waals surface area contributed by atoms with Crippen LogP contribution < -0.4 is 21.3 Å². The molecule has 0 bridgehead atoms. The molecular formula is C26H48N6O8S3. The maximum absolute atomic E-state index is 12.5. The number of hydrogen-bond donors (Lipinski definition) is 7. The molecule has 17 heteroatoms. The van der Waals surface area contributed by atoms with Gasteiger partial charge < -0.3 is 40.5 Å². The van der Waals surface area contributed by atoms with Crippen LogP contribution in [0.3, 0.4) is 0 Å². The van der Waals surface area contributed by atoms with Crippen molar-refractivity contribution in [3.05, 3.63) is 0 Å². The van der Waals surface area contributed by atoms with Gasteiger partial charge in [-0.25, -0.2) is 4.79 Å². The monoisotopic (exact) mass is 668 g/mol. The summed E-state index contributed by atoms with van der Waals surface area (Å²) < 4.78 is 8.73. The van der Waals surface area contributed by atoms with Crippen LogP contribution in [0.2, 0.25) is 0 Å². The van der Waals surface area contributed by atoms with Gasteiger partial charge in [0.25, 0.3) is 0 Å². The molecule has 0 aliphatic carbocycles. The molecular weight excluding hydrogens is 621 g/mol. The Labute approximate surface area is 270 Å². The number of nitrogens with zero attached hydrogens (tertiary/aromatic N) is 2. The normalized spacial score (nSPS) is 12.9. The standard InChI is InChI=1S/C26H48N6O8S3/c1-24(2,26(5,43)22(37)41)20(35)29-10-14-39-12-8-27-18(33)16-32(23(38)31(6)7)17-19(34)28-9-13-40-15-11-30-21(36)25(3,4)42/h42-43H,8-17H2,1-7H3,(H,27,33)(H,28,34)(H,29,35)(H,30,36)(H,37,41). The van der Waals surface area contributed by atoms with Gasteiger partial charge in [-0.3, -0.25) is 24.0 Å². The molecule has 4 N–H and O–H groups in total. The predicted octanol–water partition coefficient (Wildman–Crippen LogP) is -0.652. The van der Waals surface area contributed by atoms with Crippen LogP contribution in [0.25, 0.3) is 0 Å². The highest BCUT2D eigenvalue weighted by atomic mass is 32.1. The smallest absolute Gasteiger partial charge is 0.320 e. The van der Waals surface area contributed by atoms with E-state index in [0.717, 1.165) is 4.90 Å². The molecule has 0 aromatic rings. The summed E-state index contributed by atoms with van der Waals surface area (Å²) >= 11 is 12.3. The van der Waals surface area contributed by atoms with Crippen LogP contribution in [0.5, 0.6) is 0 Å². The summed E-state index contributed by atoms with van der Waals surface area (Å²) in [5.41, 5.74) is -1.12. The van der Waals surface area contributed by atoms with Crippen molar-refractivity contribution in [2.45, 2.75) is 44.1 Å². The fraction of sp³-hybridized carbons (Fsp3) is 0.769. The minimum Gasteiger partial charge on any atom is -0.378 e. The Morgan fingerprint density at radius 3 is 1.37 bits per heavy atom. The first kappa shape index (κ1) is 40.8. The topological polar surface area (TPSA) is 175 Å². The summed E-state index contributed by atoms with van der Waals surface area (Å²) in [5.74, 6) is -1.56. The van der Waals surface area contributed by atoms with Crippen LogP contribution in [0.1, 0.15) is 34.6 Å². The maximum atomic E-state index is 12.5. The van der Waals surface area contributed by atoms with Gasteiger partial charge in [-0.05, 0) is 34.6 Å². The summed E-state index contributed by atoms with van der Waals surface area (Å²) in [4.78, 5) is 75.6. The van der Waals surface area contributed by atoms with Crippen LogP contribution in [0.4, 0.5) is 4.79 Å². The number of urea groups is 1. The van der Waals surface area contributed by atoms with Crippen molar-refractivity contribution in [2.75, 3.05) is 79.8 Å². The van der Waals surface area contributed by atoms with Gasteiger partial charge in [-0.2, -0.15) is 25.3 Å². The number of nitrogens with one attached hydrogen (secondary N) is 4. The molecule has 0 fully saturated rings. The van der Waals surface area contributed by atoms with E-state index in [1.54, 1.807) is 27.7 Å². The molecule has 0 rings (SSSR count). The molecule has 0 aromatic heterocycles. The molecule has 0 radical (unpaired) electrons. The molecule has 43 heavy (non-hydrogen) atoms. The van der Waals surface area contributed by atoms with E-state index in [-0.39, 0.29) is 71.0 Å². The lowest BCUT2D eigenvalue weighted by Gasteiger charge is -2.36. The summed E-state index contributed by atoms with van der Waals surface area (Å²) in [6, 6.07) is -0.517. The van der Waals surface area contributed by atoms with Crippen LogP contribution in [0, 0.1) is 5.41 Å². The number of carbonyl (C=O) groups excluding carboxylic acids is 6. The van der Waals surface area contributed by atoms with Gasteiger partial charge >= 0.3 is 6.03 Å². The van der Waals surface area contributed by atoms with E-state index in [2.05, 4.69) is 59.2 Å². The summed E-state index contributed by atoms with van der Waals surface area (Å²) in [6.07, 6.45) is 0. The van der Waals surface area contributed by atoms with E-state index in [1.807, 2.05) is 0 Å². The second-order valence-corrected chi connectivity index (χ2v) is 13.4. The molecule has 0 aliphatic heterocycles. The highest BCUT2D eigenvalue weighted by molar-refractivity contribution is 7.99. The quantitative estimate of drug-likeness (QED) is 0.0662. The van der Waals surface area contributed by atoms with E-state index in [4.69, 9.17) is 9.47 Å². The Kier molecular flexibility index (Phi) is 18.2. The molecule has 248 valence electrons. The van der Waals surface area contributed by atoms with Crippen LogP contribution >= 0.6 is 37.9 Å². The zero-order valence-corrected chi connectivity index (χ0v) is 28.8. The first-order chi connectivity index (χ1) is 19.7. The molecule has 6 amide bonds. The largest absolute Gasteiger partial charge is 0.378 e. The number of thiol groups is 3. The van der Waals surface area contributed by atoms with E-state index in [0.29, 0.717) is 6.54 Å². The van der Waals surface area contributed by atoms with E-state index >= 15 is 0 Å². The summed E-state index contributed by atoms with van der Waals surface area (Å²) in [5, 5.41) is 10.1. The summed E-state index contributed by atoms with van der Waals surface area (Å²) in [7, 11) is 3.01. The third-order valence-corrected chi connectivity index (χ3v) is 7.87. The van der Waals surface area contributed by atoms with Gasteiger partial charge in [0.1, 0.15) is 13.1 Å². The zero-order chi connectivity index (χ0) is 33.4. The minimum atomic E-state index is -1.27. The Balaban J connectivity index is 4.39. The lowest BCUT2D eigenvalue weighted by molar-refractivity contribution is -0.134. The third-order valence-electron chi connectivity index (χ3n) is 6.28. The maximum Gasteiger partial charge on any atom is 0.320 e. The van der Waals surface area contributed by atoms with Gasteiger partial charge in [0, 0.05) is 40.3 Å². The number of carbonyl (C=O) groups is 6. The average Bonchev–Trinajstić information content (AvgIpc) is 2.89. The average molecular weight is 669 g/mol. The fourth-order valence-electron chi connectivity index (χ4n) is 3.06. The van der Waals surface area contributed by atoms with Gasteiger partial charge in [-0.1, -0.05) is 0 Å². The van der Waals surface area contributed by atoms with Crippen molar-refractivity contribution in [1.82, 2.24) is 31.1 Å². The van der Waals surface area contributed by atoms with Gasteiger partial charge in [0.2, 0.25) is 28.7 Å². The fourth-order valence-corrected chi connectivity index (χ4v) is 3.52. The van der Waals surface area contributed by atoms with E-state index in [9.17, 15) is 28.8 Å². The predicted molar refractivity (Wildman–Crippen MR) is 173 cm³/mol. The van der Waals surface area contributed by atoms with Gasteiger partial charge in [-0.15, -0.1) is 12.6 Å². The number of rotatable bonds is 20. The van der Waals surface area contributed by atoms with Crippen molar-refractivity contribution in [3.8, 4) is 0 Å². The Morgan fingerprint density at radius 2 is 1.02 bits per heavy atom. The first-order valence-electron chi connectivity index (χ1n) is 13.6. The first-order valence-corrected chi connectivity index (χ1v) is 15.0. The Morgan fingerprint density at radius 1 is 0.651 bits per heavy atom. The van der Waals surface area contributed by atoms with E-state index < -0.39 is 37.9 Å². The lowest BCUT2D eigenvalue weighted by Crippen LogP contribution is -2.52. The number of amides is 6. The second-order valence-electron chi connectivity index (χ2n) is 11.0. The molecule has 0 saturated heterocycles. The molecule has 0 heterocycles.